The van der Waals surface area contributed by atoms with Crippen molar-refractivity contribution in [1.82, 2.24) is 0 Å². The Kier molecular flexibility index (Phi) is 3.67. The highest BCUT2D eigenvalue weighted by Crippen LogP contribution is 2.31. The fourth-order valence-electron chi connectivity index (χ4n) is 1.67. The van der Waals surface area contributed by atoms with Crippen LogP contribution >= 0.6 is 0 Å². The highest BCUT2D eigenvalue weighted by atomic mass is 19.1. The molecule has 0 aliphatic heterocycles. The van der Waals surface area contributed by atoms with Crippen molar-refractivity contribution < 1.29 is 19.0 Å². The van der Waals surface area contributed by atoms with Gasteiger partial charge in [-0.05, 0) is 36.8 Å². The number of nitrogens with zero attached hydrogens (tertiary/aromatic N) is 1. The van der Waals surface area contributed by atoms with Gasteiger partial charge < -0.3 is 9.84 Å². The van der Waals surface area contributed by atoms with Crippen molar-refractivity contribution in [2.75, 3.05) is 0 Å². The van der Waals surface area contributed by atoms with Crippen LogP contribution in [-0.4, -0.2) is 11.1 Å². The first-order valence-electron chi connectivity index (χ1n) is 5.73. The van der Waals surface area contributed by atoms with Gasteiger partial charge in [0.2, 0.25) is 0 Å². The summed E-state index contributed by atoms with van der Waals surface area (Å²) in [4.78, 5) is 11.1. The maximum atomic E-state index is 13.8. The van der Waals surface area contributed by atoms with Crippen LogP contribution in [0.2, 0.25) is 0 Å². The molecule has 0 bridgehead atoms. The van der Waals surface area contributed by atoms with Gasteiger partial charge in [-0.3, -0.25) is 0 Å². The zero-order valence-electron chi connectivity index (χ0n) is 10.6. The summed E-state index contributed by atoms with van der Waals surface area (Å²) in [6, 6.07) is 10.3. The van der Waals surface area contributed by atoms with Crippen LogP contribution in [-0.2, 0) is 0 Å². The zero-order chi connectivity index (χ0) is 14.7. The Hall–Kier alpha value is -2.87. The third-order valence-electron chi connectivity index (χ3n) is 2.73. The van der Waals surface area contributed by atoms with Gasteiger partial charge in [-0.25, -0.2) is 9.18 Å². The number of halogens is 1. The quantitative estimate of drug-likeness (QED) is 0.927. The molecular formula is C15H10FNO3. The molecule has 0 saturated carbocycles. The van der Waals surface area contributed by atoms with Crippen molar-refractivity contribution in [1.29, 1.82) is 5.26 Å². The molecule has 0 unspecified atom stereocenters. The van der Waals surface area contributed by atoms with E-state index in [1.807, 2.05) is 6.07 Å². The van der Waals surface area contributed by atoms with Gasteiger partial charge in [0.1, 0.15) is 11.3 Å². The van der Waals surface area contributed by atoms with Crippen molar-refractivity contribution >= 4 is 5.97 Å². The largest absolute Gasteiger partial charge is 0.478 e. The van der Waals surface area contributed by atoms with E-state index in [2.05, 4.69) is 0 Å². The standard InChI is InChI=1S/C15H10FNO3/c1-9-5-6-10(8-17)7-13(9)20-14-11(15(18)19)3-2-4-12(14)16/h2-7H,1H3,(H,18,19). The van der Waals surface area contributed by atoms with Gasteiger partial charge in [0.15, 0.2) is 11.6 Å². The Morgan fingerprint density at radius 2 is 2.10 bits per heavy atom. The van der Waals surface area contributed by atoms with Crippen molar-refractivity contribution in [2.24, 2.45) is 0 Å². The lowest BCUT2D eigenvalue weighted by Crippen LogP contribution is -2.02. The van der Waals surface area contributed by atoms with E-state index < -0.39 is 11.8 Å². The van der Waals surface area contributed by atoms with E-state index in [-0.39, 0.29) is 17.1 Å². The van der Waals surface area contributed by atoms with Crippen LogP contribution in [0.1, 0.15) is 21.5 Å². The van der Waals surface area contributed by atoms with E-state index in [1.54, 1.807) is 19.1 Å². The average molecular weight is 271 g/mol. The number of benzene rings is 2. The molecular weight excluding hydrogens is 261 g/mol. The summed E-state index contributed by atoms with van der Waals surface area (Å²) in [5.41, 5.74) is 0.745. The molecule has 5 heteroatoms. The molecule has 2 rings (SSSR count). The lowest BCUT2D eigenvalue weighted by Gasteiger charge is -2.12. The first kappa shape index (κ1) is 13.6. The monoisotopic (exact) mass is 271 g/mol. The summed E-state index contributed by atoms with van der Waals surface area (Å²) >= 11 is 0. The second-order valence-corrected chi connectivity index (χ2v) is 4.12. The van der Waals surface area contributed by atoms with Crippen LogP contribution in [0.25, 0.3) is 0 Å². The summed E-state index contributed by atoms with van der Waals surface area (Å²) in [5.74, 6) is -2.17. The smallest absolute Gasteiger partial charge is 0.339 e. The highest BCUT2D eigenvalue weighted by molar-refractivity contribution is 5.91. The number of aryl methyl sites for hydroxylation is 1. The Balaban J connectivity index is 2.50. The first-order valence-corrected chi connectivity index (χ1v) is 5.73. The minimum atomic E-state index is -1.28. The van der Waals surface area contributed by atoms with E-state index in [0.717, 1.165) is 6.07 Å². The van der Waals surface area contributed by atoms with Crippen LogP contribution in [0.4, 0.5) is 4.39 Å². The normalized spacial score (nSPS) is 9.85. The predicted octanol–water partition coefficient (Wildman–Crippen LogP) is 3.50. The van der Waals surface area contributed by atoms with Crippen molar-refractivity contribution in [2.45, 2.75) is 6.92 Å². The predicted molar refractivity (Wildman–Crippen MR) is 69.3 cm³/mol. The van der Waals surface area contributed by atoms with Crippen molar-refractivity contribution in [3.05, 3.63) is 58.9 Å². The number of nitriles is 1. The molecule has 0 aliphatic rings. The molecule has 4 nitrogen and oxygen atoms in total. The van der Waals surface area contributed by atoms with E-state index in [0.29, 0.717) is 11.1 Å². The summed E-state index contributed by atoms with van der Waals surface area (Å²) in [6.45, 7) is 1.72. The Bertz CT molecular complexity index is 720. The van der Waals surface area contributed by atoms with Crippen LogP contribution in [0.3, 0.4) is 0 Å². The van der Waals surface area contributed by atoms with E-state index in [9.17, 15) is 9.18 Å². The second kappa shape index (κ2) is 5.41. The summed E-state index contributed by atoms with van der Waals surface area (Å²) in [6.07, 6.45) is 0. The molecule has 0 aliphatic carbocycles. The molecule has 0 amide bonds. The minimum Gasteiger partial charge on any atom is -0.478 e. The molecule has 20 heavy (non-hydrogen) atoms. The molecule has 0 saturated heterocycles. The number of carbonyl (C=O) groups is 1. The number of carboxylic acid groups (broad SMARTS) is 1. The van der Waals surface area contributed by atoms with Crippen LogP contribution < -0.4 is 4.74 Å². The maximum Gasteiger partial charge on any atom is 0.339 e. The van der Waals surface area contributed by atoms with E-state index in [1.165, 1.54) is 18.2 Å². The molecule has 0 fully saturated rings. The Labute approximate surface area is 114 Å². The van der Waals surface area contributed by atoms with Gasteiger partial charge in [0.05, 0.1) is 11.6 Å². The number of rotatable bonds is 3. The van der Waals surface area contributed by atoms with Crippen molar-refractivity contribution in [3.8, 4) is 17.6 Å². The van der Waals surface area contributed by atoms with Gasteiger partial charge in [-0.2, -0.15) is 5.26 Å². The van der Waals surface area contributed by atoms with Gasteiger partial charge in [0, 0.05) is 0 Å². The van der Waals surface area contributed by atoms with E-state index >= 15 is 0 Å². The van der Waals surface area contributed by atoms with Crippen LogP contribution in [0, 0.1) is 24.1 Å². The topological polar surface area (TPSA) is 70.3 Å². The summed E-state index contributed by atoms with van der Waals surface area (Å²) < 4.78 is 19.1. The second-order valence-electron chi connectivity index (χ2n) is 4.12. The molecule has 0 aromatic heterocycles. The van der Waals surface area contributed by atoms with Crippen molar-refractivity contribution in [3.63, 3.8) is 0 Å². The number of para-hydroxylation sites is 1. The van der Waals surface area contributed by atoms with Gasteiger partial charge in [0.25, 0.3) is 0 Å². The third-order valence-corrected chi connectivity index (χ3v) is 2.73. The number of aromatic carboxylic acids is 1. The summed E-state index contributed by atoms with van der Waals surface area (Å²) in [5, 5.41) is 17.9. The molecule has 0 spiro atoms. The number of carboxylic acids is 1. The SMILES string of the molecule is Cc1ccc(C#N)cc1Oc1c(F)cccc1C(=O)O. The third kappa shape index (κ3) is 2.59. The molecule has 2 aromatic carbocycles. The number of hydrogen-bond acceptors (Lipinski definition) is 3. The lowest BCUT2D eigenvalue weighted by atomic mass is 10.1. The molecule has 1 N–H and O–H groups in total. The fourth-order valence-corrected chi connectivity index (χ4v) is 1.67. The van der Waals surface area contributed by atoms with Gasteiger partial charge >= 0.3 is 5.97 Å². The van der Waals surface area contributed by atoms with E-state index in [4.69, 9.17) is 15.1 Å². The maximum absolute atomic E-state index is 13.8. The Morgan fingerprint density at radius 1 is 1.35 bits per heavy atom. The average Bonchev–Trinajstić information content (AvgIpc) is 2.43. The highest BCUT2D eigenvalue weighted by Gasteiger charge is 2.17. The molecule has 0 heterocycles. The minimum absolute atomic E-state index is 0.247. The number of ether oxygens (including phenoxy) is 1. The lowest BCUT2D eigenvalue weighted by molar-refractivity contribution is 0.0693. The first-order chi connectivity index (χ1) is 9.52. The van der Waals surface area contributed by atoms with Gasteiger partial charge in [-0.1, -0.05) is 12.1 Å². The van der Waals surface area contributed by atoms with Gasteiger partial charge in [-0.15, -0.1) is 0 Å². The zero-order valence-corrected chi connectivity index (χ0v) is 10.6. The summed E-state index contributed by atoms with van der Waals surface area (Å²) in [7, 11) is 0. The number of hydrogen-bond donors (Lipinski definition) is 1. The fraction of sp³-hybridized carbons (Fsp3) is 0.0667. The molecule has 100 valence electrons. The molecule has 0 atom stereocenters. The van der Waals surface area contributed by atoms with Crippen LogP contribution in [0.15, 0.2) is 36.4 Å². The molecule has 0 radical (unpaired) electrons. The molecule has 2 aromatic rings. The van der Waals surface area contributed by atoms with Crippen LogP contribution in [0.5, 0.6) is 11.5 Å². The Morgan fingerprint density at radius 3 is 2.75 bits per heavy atom.